The average Bonchev–Trinajstić information content (AvgIpc) is 2.45. The van der Waals surface area contributed by atoms with Crippen LogP contribution in [0.5, 0.6) is 0 Å². The fraction of sp³-hybridized carbons (Fsp3) is 0.765. The number of rotatable bonds is 14. The lowest BCUT2D eigenvalue weighted by Gasteiger charge is -2.29. The first-order chi connectivity index (χ1) is 10.4. The number of aliphatic carboxylic acids is 1. The van der Waals surface area contributed by atoms with E-state index in [1.54, 1.807) is 0 Å². The van der Waals surface area contributed by atoms with Crippen LogP contribution in [0, 0.1) is 0 Å². The zero-order valence-corrected chi connectivity index (χ0v) is 14.1. The molecule has 0 radical (unpaired) electrons. The summed E-state index contributed by atoms with van der Waals surface area (Å²) in [5.74, 6) is -1.30. The van der Waals surface area contributed by atoms with Crippen molar-refractivity contribution in [3.63, 3.8) is 0 Å². The zero-order chi connectivity index (χ0) is 16.8. The van der Waals surface area contributed by atoms with E-state index in [-0.39, 0.29) is 12.4 Å². The number of carbonyl (C=O) groups is 2. The van der Waals surface area contributed by atoms with Gasteiger partial charge in [-0.3, -0.25) is 0 Å². The van der Waals surface area contributed by atoms with E-state index in [4.69, 9.17) is 4.74 Å². The van der Waals surface area contributed by atoms with Gasteiger partial charge in [-0.15, -0.1) is 0 Å². The number of esters is 1. The molecule has 5 heteroatoms. The normalized spacial score (nSPS) is 11.2. The molecule has 0 aromatic carbocycles. The second kappa shape index (κ2) is 12.2. The van der Waals surface area contributed by atoms with Crippen molar-refractivity contribution in [1.29, 1.82) is 0 Å². The van der Waals surface area contributed by atoms with Crippen molar-refractivity contribution < 1.29 is 23.9 Å². The standard InChI is InChI=1S/C17H31NO4/c1-4-17(21)22-15-11-14-18(2,3)13-10-8-6-5-7-9-12-16(19)20/h4H,1,5-15H2,2-3H3. The van der Waals surface area contributed by atoms with Crippen molar-refractivity contribution in [2.75, 3.05) is 33.8 Å². The Labute approximate surface area is 134 Å². The molecular formula is C17H31NO4. The monoisotopic (exact) mass is 313 g/mol. The fourth-order valence-corrected chi connectivity index (χ4v) is 2.35. The van der Waals surface area contributed by atoms with Crippen LogP contribution in [0.3, 0.4) is 0 Å². The molecule has 0 bridgehead atoms. The second-order valence-corrected chi connectivity index (χ2v) is 6.35. The molecule has 0 aliphatic rings. The lowest BCUT2D eigenvalue weighted by molar-refractivity contribution is -0.890. The number of unbranched alkanes of at least 4 members (excludes halogenated alkanes) is 5. The summed E-state index contributed by atoms with van der Waals surface area (Å²) < 4.78 is 5.90. The molecule has 0 aromatic heterocycles. The number of ether oxygens (including phenoxy) is 1. The highest BCUT2D eigenvalue weighted by atomic mass is 16.5. The van der Waals surface area contributed by atoms with Gasteiger partial charge in [0.15, 0.2) is 0 Å². The van der Waals surface area contributed by atoms with Crippen molar-refractivity contribution in [3.05, 3.63) is 12.7 Å². The predicted octanol–water partition coefficient (Wildman–Crippen LogP) is 1.66. The molecule has 0 amide bonds. The molecule has 5 nitrogen and oxygen atoms in total. The Hall–Kier alpha value is -1.36. The average molecular weight is 313 g/mol. The maximum absolute atomic E-state index is 10.9. The van der Waals surface area contributed by atoms with Crippen LogP contribution in [0.1, 0.15) is 51.4 Å². The van der Waals surface area contributed by atoms with Crippen LogP contribution in [0.2, 0.25) is 0 Å². The van der Waals surface area contributed by atoms with Crippen molar-refractivity contribution in [2.45, 2.75) is 51.4 Å². The van der Waals surface area contributed by atoms with Gasteiger partial charge in [-0.25, -0.2) is 4.79 Å². The molecule has 0 saturated carbocycles. The van der Waals surface area contributed by atoms with E-state index in [0.29, 0.717) is 6.61 Å². The minimum absolute atomic E-state index is 0.181. The summed E-state index contributed by atoms with van der Waals surface area (Å²) in [6, 6.07) is 0. The molecule has 0 heterocycles. The molecule has 0 atom stereocenters. The van der Waals surface area contributed by atoms with Crippen LogP contribution in [-0.2, 0) is 14.3 Å². The van der Waals surface area contributed by atoms with Gasteiger partial charge in [0, 0.05) is 18.5 Å². The summed E-state index contributed by atoms with van der Waals surface area (Å²) in [6.45, 7) is 5.90. The van der Waals surface area contributed by atoms with Crippen LogP contribution in [0.4, 0.5) is 0 Å². The van der Waals surface area contributed by atoms with Crippen molar-refractivity contribution in [2.24, 2.45) is 0 Å². The summed E-state index contributed by atoms with van der Waals surface area (Å²) >= 11 is 0. The van der Waals surface area contributed by atoms with E-state index in [9.17, 15) is 14.7 Å². The third kappa shape index (κ3) is 13.6. The van der Waals surface area contributed by atoms with E-state index in [1.165, 1.54) is 18.9 Å². The lowest BCUT2D eigenvalue weighted by Crippen LogP contribution is -2.41. The van der Waals surface area contributed by atoms with E-state index in [1.807, 2.05) is 0 Å². The molecule has 0 fully saturated rings. The Morgan fingerprint density at radius 2 is 1.55 bits per heavy atom. The molecular weight excluding hydrogens is 282 g/mol. The van der Waals surface area contributed by atoms with Crippen molar-refractivity contribution >= 4 is 11.9 Å². The van der Waals surface area contributed by atoms with E-state index in [0.717, 1.165) is 49.7 Å². The minimum Gasteiger partial charge on any atom is -0.550 e. The Kier molecular flexibility index (Phi) is 11.5. The van der Waals surface area contributed by atoms with Gasteiger partial charge in [-0.05, 0) is 25.7 Å². The third-order valence-electron chi connectivity index (χ3n) is 3.71. The number of quaternary nitrogens is 1. The Bertz CT molecular complexity index is 340. The van der Waals surface area contributed by atoms with E-state index in [2.05, 4.69) is 20.7 Å². The van der Waals surface area contributed by atoms with Gasteiger partial charge >= 0.3 is 5.97 Å². The SMILES string of the molecule is C=CC(=O)OCCC[N+](C)(C)CCCCCCCCC(=O)[O-]. The largest absolute Gasteiger partial charge is 0.550 e. The number of hydrogen-bond acceptors (Lipinski definition) is 4. The highest BCUT2D eigenvalue weighted by molar-refractivity contribution is 5.81. The fourth-order valence-electron chi connectivity index (χ4n) is 2.35. The predicted molar refractivity (Wildman–Crippen MR) is 84.9 cm³/mol. The molecule has 0 unspecified atom stereocenters. The van der Waals surface area contributed by atoms with Gasteiger partial charge in [-0.2, -0.15) is 0 Å². The highest BCUT2D eigenvalue weighted by Crippen LogP contribution is 2.09. The lowest BCUT2D eigenvalue weighted by atomic mass is 10.1. The quantitative estimate of drug-likeness (QED) is 0.212. The van der Waals surface area contributed by atoms with Crippen LogP contribution in [0.15, 0.2) is 12.7 Å². The summed E-state index contributed by atoms with van der Waals surface area (Å²) in [5, 5.41) is 10.3. The molecule has 22 heavy (non-hydrogen) atoms. The topological polar surface area (TPSA) is 66.4 Å². The van der Waals surface area contributed by atoms with E-state index < -0.39 is 5.97 Å². The van der Waals surface area contributed by atoms with Gasteiger partial charge in [0.1, 0.15) is 0 Å². The molecule has 0 aliphatic carbocycles. The summed E-state index contributed by atoms with van der Waals surface area (Å²) in [7, 11) is 4.38. The summed E-state index contributed by atoms with van der Waals surface area (Å²) in [4.78, 5) is 21.2. The van der Waals surface area contributed by atoms with Crippen LogP contribution in [0.25, 0.3) is 0 Å². The number of nitrogens with zero attached hydrogens (tertiary/aromatic N) is 1. The number of carboxylic acid groups (broad SMARTS) is 1. The molecule has 0 aliphatic heterocycles. The number of carboxylic acids is 1. The van der Waals surface area contributed by atoms with Crippen molar-refractivity contribution in [1.82, 2.24) is 0 Å². The zero-order valence-electron chi connectivity index (χ0n) is 14.1. The Morgan fingerprint density at radius 1 is 1.00 bits per heavy atom. The van der Waals surface area contributed by atoms with Crippen LogP contribution < -0.4 is 5.11 Å². The summed E-state index contributed by atoms with van der Waals surface area (Å²) in [5.41, 5.74) is 0. The molecule has 0 rings (SSSR count). The first kappa shape index (κ1) is 20.6. The molecule has 128 valence electrons. The molecule has 0 saturated heterocycles. The van der Waals surface area contributed by atoms with Crippen LogP contribution >= 0.6 is 0 Å². The maximum atomic E-state index is 10.9. The Balaban J connectivity index is 3.49. The van der Waals surface area contributed by atoms with E-state index >= 15 is 0 Å². The van der Waals surface area contributed by atoms with Crippen molar-refractivity contribution in [3.8, 4) is 0 Å². The number of hydrogen-bond donors (Lipinski definition) is 0. The smallest absolute Gasteiger partial charge is 0.330 e. The first-order valence-corrected chi connectivity index (χ1v) is 8.18. The maximum Gasteiger partial charge on any atom is 0.330 e. The first-order valence-electron chi connectivity index (χ1n) is 8.18. The molecule has 0 N–H and O–H groups in total. The molecule has 0 aromatic rings. The van der Waals surface area contributed by atoms with Gasteiger partial charge < -0.3 is 19.1 Å². The third-order valence-corrected chi connectivity index (χ3v) is 3.71. The van der Waals surface area contributed by atoms with Gasteiger partial charge in [0.25, 0.3) is 0 Å². The second-order valence-electron chi connectivity index (χ2n) is 6.35. The Morgan fingerprint density at radius 3 is 2.14 bits per heavy atom. The van der Waals surface area contributed by atoms with Crippen LogP contribution in [-0.4, -0.2) is 50.2 Å². The minimum atomic E-state index is -0.946. The summed E-state index contributed by atoms with van der Waals surface area (Å²) in [6.07, 6.45) is 8.53. The van der Waals surface area contributed by atoms with Gasteiger partial charge in [-0.1, -0.05) is 25.8 Å². The highest BCUT2D eigenvalue weighted by Gasteiger charge is 2.14. The van der Waals surface area contributed by atoms with Gasteiger partial charge in [0.05, 0.1) is 33.8 Å². The van der Waals surface area contributed by atoms with Gasteiger partial charge in [0.2, 0.25) is 0 Å². The molecule has 0 spiro atoms. The number of carbonyl (C=O) groups excluding carboxylic acids is 2.